The zero-order valence-electron chi connectivity index (χ0n) is 16.1. The van der Waals surface area contributed by atoms with Crippen LogP contribution in [0.5, 0.6) is 0 Å². The molecule has 2 aromatic heterocycles. The molecule has 0 unspecified atom stereocenters. The maximum absolute atomic E-state index is 12.8. The minimum atomic E-state index is -0.298. The van der Waals surface area contributed by atoms with Gasteiger partial charge in [-0.05, 0) is 24.6 Å². The lowest BCUT2D eigenvalue weighted by Gasteiger charge is -2.27. The highest BCUT2D eigenvalue weighted by molar-refractivity contribution is 6.33. The summed E-state index contributed by atoms with van der Waals surface area (Å²) in [5.74, 6) is 0.573. The van der Waals surface area contributed by atoms with Crippen LogP contribution < -0.4 is 10.2 Å². The summed E-state index contributed by atoms with van der Waals surface area (Å²) in [5, 5.41) is 7.62. The van der Waals surface area contributed by atoms with Crippen LogP contribution in [0, 0.1) is 6.92 Å². The van der Waals surface area contributed by atoms with Crippen molar-refractivity contribution in [2.45, 2.75) is 13.5 Å². The van der Waals surface area contributed by atoms with Crippen LogP contribution in [-0.4, -0.2) is 47.0 Å². The van der Waals surface area contributed by atoms with E-state index in [1.54, 1.807) is 17.8 Å². The molecule has 0 radical (unpaired) electrons. The average molecular weight is 412 g/mol. The van der Waals surface area contributed by atoms with Gasteiger partial charge in [0.05, 0.1) is 42.9 Å². The summed E-state index contributed by atoms with van der Waals surface area (Å²) in [4.78, 5) is 19.4. The fraction of sp³-hybridized carbons (Fsp3) is 0.286. The Bertz CT molecular complexity index is 982. The minimum absolute atomic E-state index is 0.298. The largest absolute Gasteiger partial charge is 0.378 e. The fourth-order valence-corrected chi connectivity index (χ4v) is 3.63. The number of aromatic nitrogens is 3. The molecule has 29 heavy (non-hydrogen) atoms. The van der Waals surface area contributed by atoms with E-state index in [1.165, 1.54) is 0 Å². The number of hydrogen-bond acceptors (Lipinski definition) is 5. The Morgan fingerprint density at radius 3 is 2.62 bits per heavy atom. The molecule has 1 aliphatic rings. The van der Waals surface area contributed by atoms with Gasteiger partial charge in [-0.1, -0.05) is 41.9 Å². The Labute approximate surface area is 174 Å². The number of aryl methyl sites for hydroxylation is 1. The Balaban J connectivity index is 1.47. The summed E-state index contributed by atoms with van der Waals surface area (Å²) >= 11 is 6.47. The Hall–Kier alpha value is -2.90. The van der Waals surface area contributed by atoms with Crippen LogP contribution in [0.25, 0.3) is 0 Å². The number of morpholine rings is 1. The zero-order valence-corrected chi connectivity index (χ0v) is 16.9. The van der Waals surface area contributed by atoms with Crippen LogP contribution in [0.2, 0.25) is 5.15 Å². The van der Waals surface area contributed by atoms with Gasteiger partial charge in [0.1, 0.15) is 11.0 Å². The molecule has 1 fully saturated rings. The van der Waals surface area contributed by atoms with Crippen LogP contribution in [-0.2, 0) is 11.3 Å². The van der Waals surface area contributed by atoms with Crippen LogP contribution in [0.3, 0.4) is 0 Å². The maximum Gasteiger partial charge on any atom is 0.260 e. The van der Waals surface area contributed by atoms with Crippen molar-refractivity contribution in [3.8, 4) is 0 Å². The predicted octanol–water partition coefficient (Wildman–Crippen LogP) is 3.38. The second kappa shape index (κ2) is 8.63. The molecule has 3 heterocycles. The van der Waals surface area contributed by atoms with E-state index in [4.69, 9.17) is 16.3 Å². The molecule has 1 aromatic carbocycles. The van der Waals surface area contributed by atoms with Gasteiger partial charge >= 0.3 is 0 Å². The number of carbonyl (C=O) groups excluding carboxylic acids is 1. The topological polar surface area (TPSA) is 72.3 Å². The molecule has 1 N–H and O–H groups in total. The number of nitrogens with zero attached hydrogens (tertiary/aromatic N) is 4. The number of ether oxygens (including phenoxy) is 1. The van der Waals surface area contributed by atoms with Gasteiger partial charge in [-0.15, -0.1) is 0 Å². The summed E-state index contributed by atoms with van der Waals surface area (Å²) in [6.07, 6.45) is 1.65. The summed E-state index contributed by atoms with van der Waals surface area (Å²) in [7, 11) is 0. The Morgan fingerprint density at radius 1 is 1.17 bits per heavy atom. The van der Waals surface area contributed by atoms with Gasteiger partial charge in [-0.2, -0.15) is 5.10 Å². The van der Waals surface area contributed by atoms with Crippen molar-refractivity contribution < 1.29 is 9.53 Å². The number of anilines is 2. The minimum Gasteiger partial charge on any atom is -0.378 e. The summed E-state index contributed by atoms with van der Waals surface area (Å²) in [6, 6.07) is 13.6. The van der Waals surface area contributed by atoms with E-state index in [9.17, 15) is 4.79 Å². The van der Waals surface area contributed by atoms with Crippen LogP contribution in [0.1, 0.15) is 21.6 Å². The van der Waals surface area contributed by atoms with E-state index in [1.807, 2.05) is 42.5 Å². The first kappa shape index (κ1) is 19.4. The maximum atomic E-state index is 12.8. The third kappa shape index (κ3) is 4.41. The van der Waals surface area contributed by atoms with Crippen LogP contribution in [0.4, 0.5) is 11.5 Å². The van der Waals surface area contributed by atoms with Crippen molar-refractivity contribution >= 4 is 29.0 Å². The molecule has 3 aromatic rings. The van der Waals surface area contributed by atoms with E-state index in [0.717, 1.165) is 24.5 Å². The molecule has 4 rings (SSSR count). The molecule has 0 saturated carbocycles. The number of carbonyl (C=O) groups is 1. The number of nitrogens with one attached hydrogen (secondary N) is 1. The lowest BCUT2D eigenvalue weighted by Crippen LogP contribution is -2.36. The smallest absolute Gasteiger partial charge is 0.260 e. The van der Waals surface area contributed by atoms with Gasteiger partial charge < -0.3 is 15.0 Å². The molecule has 1 amide bonds. The number of hydrogen-bond donors (Lipinski definition) is 1. The second-order valence-electron chi connectivity index (χ2n) is 6.85. The fourth-order valence-electron chi connectivity index (χ4n) is 3.31. The van der Waals surface area contributed by atoms with Crippen molar-refractivity contribution in [3.05, 3.63) is 70.6 Å². The molecule has 0 aliphatic carbocycles. The predicted molar refractivity (Wildman–Crippen MR) is 113 cm³/mol. The number of pyridine rings is 1. The first-order valence-electron chi connectivity index (χ1n) is 9.49. The zero-order chi connectivity index (χ0) is 20.2. The SMILES string of the molecule is Cc1nn(Cc2ccccc2)c(Cl)c1C(=O)Nc1ccc(N2CCOCC2)nc1. The standard InChI is InChI=1S/C21H22ClN5O2/c1-15-19(20(22)27(25-15)14-16-5-3-2-4-6-16)21(28)24-17-7-8-18(23-13-17)26-9-11-29-12-10-26/h2-8,13H,9-12,14H2,1H3,(H,24,28). The highest BCUT2D eigenvalue weighted by atomic mass is 35.5. The molecule has 0 atom stereocenters. The Kier molecular flexibility index (Phi) is 5.78. The van der Waals surface area contributed by atoms with Crippen LogP contribution >= 0.6 is 11.6 Å². The number of benzene rings is 1. The molecular weight excluding hydrogens is 390 g/mol. The molecule has 8 heteroatoms. The summed E-state index contributed by atoms with van der Waals surface area (Å²) in [5.41, 5.74) is 2.63. The molecule has 7 nitrogen and oxygen atoms in total. The van der Waals surface area contributed by atoms with E-state index >= 15 is 0 Å². The van der Waals surface area contributed by atoms with Crippen molar-refractivity contribution in [1.82, 2.24) is 14.8 Å². The molecule has 1 aliphatic heterocycles. The van der Waals surface area contributed by atoms with Crippen molar-refractivity contribution in [1.29, 1.82) is 0 Å². The van der Waals surface area contributed by atoms with E-state index < -0.39 is 0 Å². The van der Waals surface area contributed by atoms with Gasteiger partial charge in [0.2, 0.25) is 0 Å². The Morgan fingerprint density at radius 2 is 1.93 bits per heavy atom. The van der Waals surface area contributed by atoms with Crippen LogP contribution in [0.15, 0.2) is 48.7 Å². The quantitative estimate of drug-likeness (QED) is 0.696. The van der Waals surface area contributed by atoms with Gasteiger partial charge in [0, 0.05) is 13.1 Å². The third-order valence-corrected chi connectivity index (χ3v) is 5.19. The highest BCUT2D eigenvalue weighted by Gasteiger charge is 2.21. The second-order valence-corrected chi connectivity index (χ2v) is 7.21. The third-order valence-electron chi connectivity index (χ3n) is 4.81. The number of rotatable bonds is 5. The van der Waals surface area contributed by atoms with Crippen molar-refractivity contribution in [2.75, 3.05) is 36.5 Å². The van der Waals surface area contributed by atoms with Gasteiger partial charge in [0.15, 0.2) is 0 Å². The van der Waals surface area contributed by atoms with Gasteiger partial charge in [-0.25, -0.2) is 9.67 Å². The highest BCUT2D eigenvalue weighted by Crippen LogP contribution is 2.23. The first-order chi connectivity index (χ1) is 14.1. The van der Waals surface area contributed by atoms with Crippen molar-refractivity contribution in [2.24, 2.45) is 0 Å². The van der Waals surface area contributed by atoms with E-state index in [0.29, 0.717) is 41.9 Å². The number of halogens is 1. The summed E-state index contributed by atoms with van der Waals surface area (Å²) in [6.45, 7) is 5.31. The van der Waals surface area contributed by atoms with Crippen molar-refractivity contribution in [3.63, 3.8) is 0 Å². The first-order valence-corrected chi connectivity index (χ1v) is 9.86. The molecule has 150 valence electrons. The molecule has 1 saturated heterocycles. The van der Waals surface area contributed by atoms with E-state index in [-0.39, 0.29) is 5.91 Å². The normalized spacial score (nSPS) is 14.1. The van der Waals surface area contributed by atoms with E-state index in [2.05, 4.69) is 20.3 Å². The van der Waals surface area contributed by atoms with Gasteiger partial charge in [0.25, 0.3) is 5.91 Å². The summed E-state index contributed by atoms with van der Waals surface area (Å²) < 4.78 is 7.00. The van der Waals surface area contributed by atoms with Gasteiger partial charge in [-0.3, -0.25) is 4.79 Å². The molecule has 0 bridgehead atoms. The monoisotopic (exact) mass is 411 g/mol. The lowest BCUT2D eigenvalue weighted by molar-refractivity contribution is 0.102. The molecule has 0 spiro atoms. The number of amides is 1. The molecular formula is C21H22ClN5O2. The average Bonchev–Trinajstić information content (AvgIpc) is 3.03. The lowest BCUT2D eigenvalue weighted by atomic mass is 10.2.